The highest BCUT2D eigenvalue weighted by Gasteiger charge is 2.13. The van der Waals surface area contributed by atoms with Crippen molar-refractivity contribution in [2.75, 3.05) is 11.9 Å². The molecule has 8 heteroatoms. The highest BCUT2D eigenvalue weighted by atomic mass is 35.5. The van der Waals surface area contributed by atoms with Crippen molar-refractivity contribution in [1.29, 1.82) is 0 Å². The first-order valence-corrected chi connectivity index (χ1v) is 7.13. The fraction of sp³-hybridized carbons (Fsp3) is 0.0714. The number of nitrogens with one attached hydrogen (secondary N) is 1. The number of aromatic nitrogens is 1. The molecule has 0 unspecified atom stereocenters. The lowest BCUT2D eigenvalue weighted by Crippen LogP contribution is -2.21. The highest BCUT2D eigenvalue weighted by Crippen LogP contribution is 2.32. The van der Waals surface area contributed by atoms with Crippen LogP contribution in [0.1, 0.15) is 10.5 Å². The summed E-state index contributed by atoms with van der Waals surface area (Å²) in [6.45, 7) is -0.480. The van der Waals surface area contributed by atoms with E-state index in [1.54, 1.807) is 12.1 Å². The Labute approximate surface area is 141 Å². The minimum atomic E-state index is -0.698. The van der Waals surface area contributed by atoms with Gasteiger partial charge in [0, 0.05) is 6.20 Å². The second kappa shape index (κ2) is 7.45. The molecule has 0 radical (unpaired) electrons. The summed E-state index contributed by atoms with van der Waals surface area (Å²) in [6, 6.07) is 7.59. The molecule has 114 valence electrons. The van der Waals surface area contributed by atoms with Crippen LogP contribution in [0.25, 0.3) is 0 Å². The van der Waals surface area contributed by atoms with Gasteiger partial charge in [0.05, 0.1) is 20.8 Å². The van der Waals surface area contributed by atoms with Crippen molar-refractivity contribution in [3.63, 3.8) is 0 Å². The third-order valence-corrected chi connectivity index (χ3v) is 3.53. The average molecular weight is 360 g/mol. The predicted molar refractivity (Wildman–Crippen MR) is 84.6 cm³/mol. The van der Waals surface area contributed by atoms with Gasteiger partial charge in [-0.1, -0.05) is 40.9 Å². The van der Waals surface area contributed by atoms with E-state index in [9.17, 15) is 9.59 Å². The van der Waals surface area contributed by atoms with Gasteiger partial charge >= 0.3 is 5.97 Å². The fourth-order valence-corrected chi connectivity index (χ4v) is 2.09. The number of carbonyl (C=O) groups excluding carboxylic acids is 2. The summed E-state index contributed by atoms with van der Waals surface area (Å²) in [5.74, 6) is -1.26. The van der Waals surface area contributed by atoms with Crippen molar-refractivity contribution in [3.8, 4) is 0 Å². The molecule has 0 saturated carbocycles. The van der Waals surface area contributed by atoms with Gasteiger partial charge in [-0.05, 0) is 24.3 Å². The minimum Gasteiger partial charge on any atom is -0.451 e. The quantitative estimate of drug-likeness (QED) is 0.665. The van der Waals surface area contributed by atoms with Gasteiger partial charge in [-0.3, -0.25) is 4.79 Å². The Kier molecular flexibility index (Phi) is 5.60. The second-order valence-electron chi connectivity index (χ2n) is 4.09. The van der Waals surface area contributed by atoms with E-state index in [4.69, 9.17) is 39.5 Å². The molecule has 1 aromatic heterocycles. The van der Waals surface area contributed by atoms with E-state index >= 15 is 0 Å². The lowest BCUT2D eigenvalue weighted by atomic mass is 10.3. The predicted octanol–water partition coefficient (Wildman–Crippen LogP) is 3.84. The maximum atomic E-state index is 11.8. The number of ether oxygens (including phenoxy) is 1. The van der Waals surface area contributed by atoms with Crippen LogP contribution in [0.3, 0.4) is 0 Å². The Bertz CT molecular complexity index is 708. The third kappa shape index (κ3) is 4.34. The van der Waals surface area contributed by atoms with E-state index in [-0.39, 0.29) is 26.4 Å². The van der Waals surface area contributed by atoms with Crippen molar-refractivity contribution in [1.82, 2.24) is 4.98 Å². The highest BCUT2D eigenvalue weighted by molar-refractivity contribution is 6.44. The topological polar surface area (TPSA) is 68.3 Å². The second-order valence-corrected chi connectivity index (χ2v) is 5.31. The zero-order valence-corrected chi connectivity index (χ0v) is 13.2. The van der Waals surface area contributed by atoms with Crippen molar-refractivity contribution in [2.45, 2.75) is 0 Å². The first-order chi connectivity index (χ1) is 10.5. The Morgan fingerprint density at radius 2 is 1.82 bits per heavy atom. The van der Waals surface area contributed by atoms with Gasteiger partial charge in [0.25, 0.3) is 5.91 Å². The molecule has 0 saturated heterocycles. The minimum absolute atomic E-state index is 0.114. The standard InChI is InChI=1S/C14H9Cl3N2O3/c15-8-5-10(17)12(6-9(8)16)19-13(20)7-22-14(21)11-3-1-2-4-18-11/h1-6H,7H2,(H,19,20). The molecule has 1 aromatic carbocycles. The van der Waals surface area contributed by atoms with Crippen molar-refractivity contribution >= 4 is 52.4 Å². The number of pyridine rings is 1. The van der Waals surface area contributed by atoms with Crippen LogP contribution in [0, 0.1) is 0 Å². The van der Waals surface area contributed by atoms with E-state index < -0.39 is 18.5 Å². The molecular formula is C14H9Cl3N2O3. The summed E-state index contributed by atoms with van der Waals surface area (Å²) in [5.41, 5.74) is 0.387. The molecule has 1 heterocycles. The average Bonchev–Trinajstić information content (AvgIpc) is 2.51. The largest absolute Gasteiger partial charge is 0.451 e. The van der Waals surface area contributed by atoms with E-state index in [2.05, 4.69) is 10.3 Å². The number of hydrogen-bond acceptors (Lipinski definition) is 4. The van der Waals surface area contributed by atoms with Crippen LogP contribution in [-0.4, -0.2) is 23.5 Å². The SMILES string of the molecule is O=C(COC(=O)c1ccccn1)Nc1cc(Cl)c(Cl)cc1Cl. The molecule has 5 nitrogen and oxygen atoms in total. The Morgan fingerprint density at radius 1 is 1.09 bits per heavy atom. The molecule has 0 atom stereocenters. The molecule has 0 aliphatic carbocycles. The number of anilines is 1. The number of rotatable bonds is 4. The van der Waals surface area contributed by atoms with E-state index in [1.165, 1.54) is 24.4 Å². The van der Waals surface area contributed by atoms with Crippen LogP contribution < -0.4 is 5.32 Å². The third-order valence-electron chi connectivity index (χ3n) is 2.49. The van der Waals surface area contributed by atoms with Crippen molar-refractivity contribution < 1.29 is 14.3 Å². The first kappa shape index (κ1) is 16.5. The van der Waals surface area contributed by atoms with Gasteiger partial charge in [-0.2, -0.15) is 0 Å². The van der Waals surface area contributed by atoms with Crippen LogP contribution in [0.5, 0.6) is 0 Å². The zero-order chi connectivity index (χ0) is 16.1. The van der Waals surface area contributed by atoms with Crippen LogP contribution in [0.4, 0.5) is 5.69 Å². The van der Waals surface area contributed by atoms with E-state index in [0.29, 0.717) is 0 Å². The molecule has 2 rings (SSSR count). The number of halogens is 3. The molecule has 22 heavy (non-hydrogen) atoms. The van der Waals surface area contributed by atoms with Crippen LogP contribution in [0.2, 0.25) is 15.1 Å². The molecular weight excluding hydrogens is 351 g/mol. The van der Waals surface area contributed by atoms with Gasteiger partial charge in [-0.15, -0.1) is 0 Å². The summed E-state index contributed by atoms with van der Waals surface area (Å²) < 4.78 is 4.84. The zero-order valence-electron chi connectivity index (χ0n) is 11.0. The smallest absolute Gasteiger partial charge is 0.357 e. The number of carbonyl (C=O) groups is 2. The van der Waals surface area contributed by atoms with E-state index in [0.717, 1.165) is 0 Å². The Balaban J connectivity index is 1.94. The lowest BCUT2D eigenvalue weighted by Gasteiger charge is -2.09. The van der Waals surface area contributed by atoms with Gasteiger partial charge in [0.15, 0.2) is 6.61 Å². The monoisotopic (exact) mass is 358 g/mol. The molecule has 0 aliphatic heterocycles. The van der Waals surface area contributed by atoms with Crippen LogP contribution in [0.15, 0.2) is 36.5 Å². The summed E-state index contributed by atoms with van der Waals surface area (Å²) >= 11 is 17.6. The number of nitrogens with zero attached hydrogens (tertiary/aromatic N) is 1. The maximum Gasteiger partial charge on any atom is 0.357 e. The molecule has 0 spiro atoms. The Hall–Kier alpha value is -1.82. The molecule has 1 N–H and O–H groups in total. The van der Waals surface area contributed by atoms with Gasteiger partial charge in [-0.25, -0.2) is 9.78 Å². The number of hydrogen-bond donors (Lipinski definition) is 1. The fourth-order valence-electron chi connectivity index (χ4n) is 1.49. The first-order valence-electron chi connectivity index (χ1n) is 6.00. The maximum absolute atomic E-state index is 11.8. The summed E-state index contributed by atoms with van der Waals surface area (Å²) in [6.07, 6.45) is 1.45. The number of esters is 1. The van der Waals surface area contributed by atoms with Crippen LogP contribution in [-0.2, 0) is 9.53 Å². The number of amides is 1. The summed E-state index contributed by atoms with van der Waals surface area (Å²) in [4.78, 5) is 27.2. The molecule has 0 aliphatic rings. The normalized spacial score (nSPS) is 10.1. The summed E-state index contributed by atoms with van der Waals surface area (Å²) in [5, 5.41) is 3.21. The van der Waals surface area contributed by atoms with Crippen molar-refractivity contribution in [2.24, 2.45) is 0 Å². The van der Waals surface area contributed by atoms with Crippen LogP contribution >= 0.6 is 34.8 Å². The lowest BCUT2D eigenvalue weighted by molar-refractivity contribution is -0.119. The summed E-state index contributed by atoms with van der Waals surface area (Å²) in [7, 11) is 0. The van der Waals surface area contributed by atoms with E-state index in [1.807, 2.05) is 0 Å². The molecule has 2 aromatic rings. The Morgan fingerprint density at radius 3 is 2.50 bits per heavy atom. The molecule has 0 fully saturated rings. The van der Waals surface area contributed by atoms with Crippen molar-refractivity contribution in [3.05, 3.63) is 57.3 Å². The van der Waals surface area contributed by atoms with Gasteiger partial charge in [0.1, 0.15) is 5.69 Å². The van der Waals surface area contributed by atoms with Gasteiger partial charge < -0.3 is 10.1 Å². The molecule has 0 bridgehead atoms. The van der Waals surface area contributed by atoms with Gasteiger partial charge in [0.2, 0.25) is 0 Å². The molecule has 1 amide bonds. The number of benzene rings is 1.